The van der Waals surface area contributed by atoms with Crippen LogP contribution in [0.25, 0.3) is 10.9 Å². The Hall–Kier alpha value is -3.99. The molecular formula is C30H29N3O2. The predicted octanol–water partition coefficient (Wildman–Crippen LogP) is 5.03. The second-order valence-electron chi connectivity index (χ2n) is 9.26. The molecule has 2 amide bonds. The zero-order valence-corrected chi connectivity index (χ0v) is 19.9. The van der Waals surface area contributed by atoms with Crippen LogP contribution in [0.5, 0.6) is 0 Å². The third kappa shape index (κ3) is 5.24. The minimum Gasteiger partial charge on any atom is -0.332 e. The molecule has 5 rings (SSSR count). The molecule has 1 aromatic heterocycles. The number of rotatable bonds is 6. The molecule has 1 atom stereocenters. The first-order chi connectivity index (χ1) is 17.1. The number of hydrogen-bond donors (Lipinski definition) is 0. The highest BCUT2D eigenvalue weighted by molar-refractivity contribution is 5.97. The lowest BCUT2D eigenvalue weighted by molar-refractivity contribution is -0.139. The SMILES string of the molecule is Cc1cccc(CN2C(=O)CN(C(=O)c3ccc4ccccc4n3)C[C@@H]2CCc2ccccc2)c1. The molecule has 0 aliphatic carbocycles. The molecule has 3 aromatic carbocycles. The van der Waals surface area contributed by atoms with Crippen LogP contribution in [0.15, 0.2) is 91.0 Å². The number of carbonyl (C=O) groups is 2. The summed E-state index contributed by atoms with van der Waals surface area (Å²) in [7, 11) is 0. The summed E-state index contributed by atoms with van der Waals surface area (Å²) in [6, 6.07) is 29.9. The van der Waals surface area contributed by atoms with Crippen molar-refractivity contribution in [1.29, 1.82) is 0 Å². The van der Waals surface area contributed by atoms with Crippen LogP contribution < -0.4 is 0 Å². The first-order valence-electron chi connectivity index (χ1n) is 12.1. The molecule has 0 spiro atoms. The first-order valence-corrected chi connectivity index (χ1v) is 12.1. The maximum atomic E-state index is 13.4. The van der Waals surface area contributed by atoms with Crippen molar-refractivity contribution < 1.29 is 9.59 Å². The number of pyridine rings is 1. The molecular weight excluding hydrogens is 434 g/mol. The van der Waals surface area contributed by atoms with E-state index in [1.807, 2.05) is 59.5 Å². The van der Waals surface area contributed by atoms with Gasteiger partial charge in [0.2, 0.25) is 5.91 Å². The summed E-state index contributed by atoms with van der Waals surface area (Å²) in [4.78, 5) is 35.0. The highest BCUT2D eigenvalue weighted by atomic mass is 16.2. The summed E-state index contributed by atoms with van der Waals surface area (Å²) in [6.07, 6.45) is 1.63. The molecule has 0 bridgehead atoms. The van der Waals surface area contributed by atoms with Crippen LogP contribution in [-0.4, -0.2) is 45.7 Å². The van der Waals surface area contributed by atoms with E-state index in [2.05, 4.69) is 42.2 Å². The molecule has 1 saturated heterocycles. The molecule has 2 heterocycles. The molecule has 1 fully saturated rings. The summed E-state index contributed by atoms with van der Waals surface area (Å²) in [6.45, 7) is 3.18. The van der Waals surface area contributed by atoms with Gasteiger partial charge in [0.15, 0.2) is 0 Å². The van der Waals surface area contributed by atoms with Crippen LogP contribution in [0.4, 0.5) is 0 Å². The predicted molar refractivity (Wildman–Crippen MR) is 138 cm³/mol. The normalized spacial score (nSPS) is 16.0. The number of nitrogens with zero attached hydrogens (tertiary/aromatic N) is 3. The Morgan fingerprint density at radius 3 is 2.51 bits per heavy atom. The fraction of sp³-hybridized carbons (Fsp3) is 0.233. The molecule has 1 aliphatic heterocycles. The minimum atomic E-state index is -0.191. The lowest BCUT2D eigenvalue weighted by Gasteiger charge is -2.41. The molecule has 176 valence electrons. The van der Waals surface area contributed by atoms with Gasteiger partial charge in [0.1, 0.15) is 12.2 Å². The van der Waals surface area contributed by atoms with Gasteiger partial charge in [-0.2, -0.15) is 0 Å². The molecule has 0 radical (unpaired) electrons. The highest BCUT2D eigenvalue weighted by Gasteiger charge is 2.35. The van der Waals surface area contributed by atoms with E-state index in [9.17, 15) is 9.59 Å². The largest absolute Gasteiger partial charge is 0.332 e. The summed E-state index contributed by atoms with van der Waals surface area (Å²) in [5, 5.41) is 0.990. The number of piperazine rings is 1. The lowest BCUT2D eigenvalue weighted by atomic mass is 10.00. The van der Waals surface area contributed by atoms with E-state index in [1.165, 1.54) is 11.1 Å². The highest BCUT2D eigenvalue weighted by Crippen LogP contribution is 2.22. The fourth-order valence-corrected chi connectivity index (χ4v) is 4.83. The van der Waals surface area contributed by atoms with Crippen molar-refractivity contribution >= 4 is 22.7 Å². The standard InChI is InChI=1S/C30H29N3O2/c1-22-8-7-11-24(18-22)19-33-26(16-14-23-9-3-2-4-10-23)20-32(21-29(33)34)30(35)28-17-15-25-12-5-6-13-27(25)31-28/h2-13,15,17-18,26H,14,16,19-21H2,1H3/t26-/m0/s1. The van der Waals surface area contributed by atoms with Gasteiger partial charge >= 0.3 is 0 Å². The van der Waals surface area contributed by atoms with Gasteiger partial charge in [0, 0.05) is 18.5 Å². The Morgan fingerprint density at radius 2 is 1.69 bits per heavy atom. The van der Waals surface area contributed by atoms with Gasteiger partial charge in [-0.3, -0.25) is 9.59 Å². The Labute approximate surface area is 206 Å². The number of aromatic nitrogens is 1. The van der Waals surface area contributed by atoms with Crippen LogP contribution >= 0.6 is 0 Å². The van der Waals surface area contributed by atoms with Crippen molar-refractivity contribution in [2.75, 3.05) is 13.1 Å². The molecule has 4 aromatic rings. The van der Waals surface area contributed by atoms with Crippen LogP contribution in [-0.2, 0) is 17.8 Å². The van der Waals surface area contributed by atoms with E-state index in [0.717, 1.165) is 29.3 Å². The molecule has 1 aliphatic rings. The van der Waals surface area contributed by atoms with E-state index in [0.29, 0.717) is 18.8 Å². The molecule has 35 heavy (non-hydrogen) atoms. The van der Waals surface area contributed by atoms with Crippen LogP contribution in [0.2, 0.25) is 0 Å². The number of carbonyl (C=O) groups excluding carboxylic acids is 2. The summed E-state index contributed by atoms with van der Waals surface area (Å²) >= 11 is 0. The second-order valence-corrected chi connectivity index (χ2v) is 9.26. The van der Waals surface area contributed by atoms with Crippen molar-refractivity contribution in [1.82, 2.24) is 14.8 Å². The summed E-state index contributed by atoms with van der Waals surface area (Å²) < 4.78 is 0. The summed E-state index contributed by atoms with van der Waals surface area (Å²) in [5.41, 5.74) is 4.68. The quantitative estimate of drug-likeness (QED) is 0.403. The zero-order chi connectivity index (χ0) is 24.2. The zero-order valence-electron chi connectivity index (χ0n) is 19.9. The maximum Gasteiger partial charge on any atom is 0.273 e. The minimum absolute atomic E-state index is 0.0232. The fourth-order valence-electron chi connectivity index (χ4n) is 4.83. The van der Waals surface area contributed by atoms with Crippen molar-refractivity contribution in [3.8, 4) is 0 Å². The summed E-state index contributed by atoms with van der Waals surface area (Å²) in [5.74, 6) is -0.214. The first kappa shape index (κ1) is 22.8. The monoisotopic (exact) mass is 463 g/mol. The molecule has 5 nitrogen and oxygen atoms in total. The number of aryl methyl sites for hydroxylation is 2. The average Bonchev–Trinajstić information content (AvgIpc) is 2.89. The molecule has 5 heteroatoms. The van der Waals surface area contributed by atoms with Crippen molar-refractivity contribution in [2.24, 2.45) is 0 Å². The van der Waals surface area contributed by atoms with Crippen LogP contribution in [0.1, 0.15) is 33.6 Å². The van der Waals surface area contributed by atoms with Crippen LogP contribution in [0.3, 0.4) is 0 Å². The third-order valence-electron chi connectivity index (χ3n) is 6.67. The van der Waals surface area contributed by atoms with E-state index in [1.54, 1.807) is 11.0 Å². The van der Waals surface area contributed by atoms with Gasteiger partial charge in [-0.1, -0.05) is 84.4 Å². The topological polar surface area (TPSA) is 53.5 Å². The van der Waals surface area contributed by atoms with Gasteiger partial charge in [-0.05, 0) is 43.0 Å². The average molecular weight is 464 g/mol. The number of amides is 2. The van der Waals surface area contributed by atoms with Crippen LogP contribution in [0, 0.1) is 6.92 Å². The smallest absolute Gasteiger partial charge is 0.273 e. The Kier molecular flexibility index (Phi) is 6.57. The van der Waals surface area contributed by atoms with E-state index >= 15 is 0 Å². The van der Waals surface area contributed by atoms with Crippen molar-refractivity contribution in [3.05, 3.63) is 113 Å². The number of para-hydroxylation sites is 1. The van der Waals surface area contributed by atoms with Crippen molar-refractivity contribution in [3.63, 3.8) is 0 Å². The number of hydrogen-bond acceptors (Lipinski definition) is 3. The van der Waals surface area contributed by atoms with Gasteiger partial charge in [-0.15, -0.1) is 0 Å². The molecule has 0 unspecified atom stereocenters. The van der Waals surface area contributed by atoms with Gasteiger partial charge in [0.25, 0.3) is 5.91 Å². The van der Waals surface area contributed by atoms with Gasteiger partial charge in [-0.25, -0.2) is 4.98 Å². The van der Waals surface area contributed by atoms with E-state index < -0.39 is 0 Å². The Balaban J connectivity index is 1.38. The second kappa shape index (κ2) is 10.1. The number of benzene rings is 3. The van der Waals surface area contributed by atoms with E-state index in [-0.39, 0.29) is 24.4 Å². The third-order valence-corrected chi connectivity index (χ3v) is 6.67. The molecule has 0 N–H and O–H groups in total. The Bertz CT molecular complexity index is 1350. The number of fused-ring (bicyclic) bond motifs is 1. The Morgan fingerprint density at radius 1 is 0.914 bits per heavy atom. The van der Waals surface area contributed by atoms with Gasteiger partial charge in [0.05, 0.1) is 11.6 Å². The lowest BCUT2D eigenvalue weighted by Crippen LogP contribution is -2.57. The maximum absolute atomic E-state index is 13.4. The molecule has 0 saturated carbocycles. The van der Waals surface area contributed by atoms with E-state index in [4.69, 9.17) is 0 Å². The van der Waals surface area contributed by atoms with Crippen molar-refractivity contribution in [2.45, 2.75) is 32.4 Å². The van der Waals surface area contributed by atoms with Gasteiger partial charge < -0.3 is 9.80 Å².